The summed E-state index contributed by atoms with van der Waals surface area (Å²) in [7, 11) is 0. The lowest BCUT2D eigenvalue weighted by Crippen LogP contribution is -2.47. The molecule has 4 rings (SSSR count). The largest absolute Gasteiger partial charge is 0.369 e. The number of aryl methyl sites for hydroxylation is 1. The van der Waals surface area contributed by atoms with Gasteiger partial charge in [0, 0.05) is 31.9 Å². The van der Waals surface area contributed by atoms with Gasteiger partial charge in [-0.25, -0.2) is 4.39 Å². The van der Waals surface area contributed by atoms with Crippen LogP contribution >= 0.6 is 0 Å². The number of hydrogen-bond acceptors (Lipinski definition) is 4. The van der Waals surface area contributed by atoms with E-state index < -0.39 is 0 Å². The molecule has 2 aliphatic heterocycles. The van der Waals surface area contributed by atoms with Crippen molar-refractivity contribution in [2.75, 3.05) is 39.3 Å². The maximum Gasteiger partial charge on any atom is 0.236 e. The summed E-state index contributed by atoms with van der Waals surface area (Å²) in [5, 5.41) is 0. The Morgan fingerprint density at radius 1 is 1.13 bits per heavy atom. The van der Waals surface area contributed by atoms with Crippen LogP contribution in [0.1, 0.15) is 47.9 Å². The molecule has 1 amide bonds. The fourth-order valence-corrected chi connectivity index (χ4v) is 4.38. The van der Waals surface area contributed by atoms with Gasteiger partial charge in [-0.3, -0.25) is 14.7 Å². The number of amides is 1. The highest BCUT2D eigenvalue weighted by atomic mass is 19.1. The Labute approximate surface area is 177 Å². The highest BCUT2D eigenvalue weighted by Gasteiger charge is 2.27. The van der Waals surface area contributed by atoms with Gasteiger partial charge in [-0.1, -0.05) is 12.1 Å². The highest BCUT2D eigenvalue weighted by Crippen LogP contribution is 2.23. The van der Waals surface area contributed by atoms with Crippen molar-refractivity contribution in [3.8, 4) is 0 Å². The number of halogens is 1. The summed E-state index contributed by atoms with van der Waals surface area (Å²) in [5.74, 6) is 0.00229. The zero-order valence-electron chi connectivity index (χ0n) is 17.6. The minimum absolute atomic E-state index is 0.154. The molecule has 0 bridgehead atoms. The van der Waals surface area contributed by atoms with Gasteiger partial charge < -0.3 is 9.64 Å². The second kappa shape index (κ2) is 9.67. The van der Waals surface area contributed by atoms with Crippen molar-refractivity contribution in [3.63, 3.8) is 0 Å². The molecule has 0 aliphatic carbocycles. The first kappa shape index (κ1) is 20.9. The molecule has 160 valence electrons. The summed E-state index contributed by atoms with van der Waals surface area (Å²) in [6.07, 6.45) is 3.94. The number of ether oxygens (including phenoxy) is 1. The average molecular weight is 412 g/mol. The van der Waals surface area contributed by atoms with E-state index in [4.69, 9.17) is 9.72 Å². The van der Waals surface area contributed by atoms with Crippen LogP contribution in [0.5, 0.6) is 0 Å². The van der Waals surface area contributed by atoms with Crippen molar-refractivity contribution in [2.24, 2.45) is 0 Å². The number of carbonyl (C=O) groups is 1. The molecular weight excluding hydrogens is 381 g/mol. The quantitative estimate of drug-likeness (QED) is 0.756. The van der Waals surface area contributed by atoms with Crippen LogP contribution in [0.4, 0.5) is 4.39 Å². The first-order valence-corrected chi connectivity index (χ1v) is 10.9. The van der Waals surface area contributed by atoms with E-state index in [9.17, 15) is 9.18 Å². The van der Waals surface area contributed by atoms with Crippen LogP contribution in [0.25, 0.3) is 0 Å². The second-order valence-corrected chi connectivity index (χ2v) is 8.38. The van der Waals surface area contributed by atoms with E-state index in [0.717, 1.165) is 55.0 Å². The molecule has 2 saturated heterocycles. The summed E-state index contributed by atoms with van der Waals surface area (Å²) in [4.78, 5) is 21.5. The molecular formula is C24H30FN3O2. The van der Waals surface area contributed by atoms with Gasteiger partial charge in [-0.05, 0) is 68.0 Å². The zero-order valence-corrected chi connectivity index (χ0v) is 17.6. The van der Waals surface area contributed by atoms with Crippen LogP contribution in [0, 0.1) is 12.7 Å². The number of carbonyl (C=O) groups excluding carboxylic acids is 1. The number of aromatic nitrogens is 1. The number of likely N-dealkylation sites (tertiary alicyclic amines) is 1. The zero-order chi connectivity index (χ0) is 20.9. The first-order valence-electron chi connectivity index (χ1n) is 10.9. The molecule has 0 spiro atoms. The van der Waals surface area contributed by atoms with Gasteiger partial charge in [-0.15, -0.1) is 0 Å². The van der Waals surface area contributed by atoms with Gasteiger partial charge >= 0.3 is 0 Å². The molecule has 0 radical (unpaired) electrons. The van der Waals surface area contributed by atoms with Crippen molar-refractivity contribution in [1.82, 2.24) is 14.8 Å². The second-order valence-electron chi connectivity index (χ2n) is 8.38. The lowest BCUT2D eigenvalue weighted by Gasteiger charge is -2.34. The third-order valence-electron chi connectivity index (χ3n) is 5.88. The third-order valence-corrected chi connectivity index (χ3v) is 5.88. The van der Waals surface area contributed by atoms with Crippen molar-refractivity contribution in [1.29, 1.82) is 0 Å². The van der Waals surface area contributed by atoms with E-state index in [1.165, 1.54) is 12.5 Å². The van der Waals surface area contributed by atoms with Crippen LogP contribution in [-0.2, 0) is 16.0 Å². The molecule has 0 N–H and O–H groups in total. The Morgan fingerprint density at radius 3 is 2.77 bits per heavy atom. The van der Waals surface area contributed by atoms with Gasteiger partial charge in [0.2, 0.25) is 5.91 Å². The Balaban J connectivity index is 1.42. The standard InChI is InChI=1S/C24H30FN3O2/c1-18-12-20(13-19-6-5-7-21(25)14-19)15-22(26-18)23-16-27(10-11-30-23)17-24(29)28-8-3-2-4-9-28/h5-7,12,14-15,23H,2-4,8-11,13,16-17H2,1H3. The van der Waals surface area contributed by atoms with E-state index in [-0.39, 0.29) is 17.8 Å². The first-order chi connectivity index (χ1) is 14.6. The van der Waals surface area contributed by atoms with Crippen molar-refractivity contribution < 1.29 is 13.9 Å². The number of benzene rings is 1. The maximum absolute atomic E-state index is 13.5. The topological polar surface area (TPSA) is 45.7 Å². The summed E-state index contributed by atoms with van der Waals surface area (Å²) < 4.78 is 19.5. The molecule has 0 saturated carbocycles. The molecule has 1 aromatic carbocycles. The Morgan fingerprint density at radius 2 is 1.97 bits per heavy atom. The smallest absolute Gasteiger partial charge is 0.236 e. The van der Waals surface area contributed by atoms with Gasteiger partial charge in [0.1, 0.15) is 11.9 Å². The van der Waals surface area contributed by atoms with Gasteiger partial charge in [0.05, 0.1) is 18.8 Å². The molecule has 1 aromatic heterocycles. The normalized spacial score (nSPS) is 20.3. The van der Waals surface area contributed by atoms with E-state index in [0.29, 0.717) is 26.1 Å². The fourth-order valence-electron chi connectivity index (χ4n) is 4.38. The van der Waals surface area contributed by atoms with Gasteiger partial charge in [0.25, 0.3) is 0 Å². The molecule has 1 atom stereocenters. The van der Waals surface area contributed by atoms with Crippen LogP contribution in [0.2, 0.25) is 0 Å². The Hall–Kier alpha value is -2.31. The molecule has 2 fully saturated rings. The maximum atomic E-state index is 13.5. The SMILES string of the molecule is Cc1cc(Cc2cccc(F)c2)cc(C2CN(CC(=O)N3CCCCC3)CCO2)n1. The Bertz CT molecular complexity index is 883. The monoisotopic (exact) mass is 411 g/mol. The lowest BCUT2D eigenvalue weighted by atomic mass is 10.0. The van der Waals surface area contributed by atoms with E-state index in [1.54, 1.807) is 12.1 Å². The molecule has 5 nitrogen and oxygen atoms in total. The average Bonchev–Trinajstić information content (AvgIpc) is 2.74. The minimum atomic E-state index is -0.219. The van der Waals surface area contributed by atoms with Crippen LogP contribution in [0.15, 0.2) is 36.4 Å². The summed E-state index contributed by atoms with van der Waals surface area (Å²) in [6, 6.07) is 10.8. The predicted molar refractivity (Wildman–Crippen MR) is 114 cm³/mol. The molecule has 2 aliphatic rings. The molecule has 3 heterocycles. The number of morpholine rings is 1. The number of pyridine rings is 1. The predicted octanol–water partition coefficient (Wildman–Crippen LogP) is 3.51. The number of nitrogens with zero attached hydrogens (tertiary/aromatic N) is 3. The van der Waals surface area contributed by atoms with E-state index in [1.807, 2.05) is 24.0 Å². The van der Waals surface area contributed by atoms with Crippen LogP contribution in [0.3, 0.4) is 0 Å². The van der Waals surface area contributed by atoms with E-state index >= 15 is 0 Å². The third kappa shape index (κ3) is 5.43. The van der Waals surface area contributed by atoms with Gasteiger partial charge in [-0.2, -0.15) is 0 Å². The number of rotatable bonds is 5. The molecule has 6 heteroatoms. The van der Waals surface area contributed by atoms with Crippen molar-refractivity contribution in [2.45, 2.75) is 38.7 Å². The summed E-state index contributed by atoms with van der Waals surface area (Å²) in [6.45, 7) is 6.20. The number of piperidine rings is 1. The fraction of sp³-hybridized carbons (Fsp3) is 0.500. The molecule has 2 aromatic rings. The van der Waals surface area contributed by atoms with Crippen molar-refractivity contribution >= 4 is 5.91 Å². The molecule has 30 heavy (non-hydrogen) atoms. The van der Waals surface area contributed by atoms with Crippen molar-refractivity contribution in [3.05, 3.63) is 64.7 Å². The number of hydrogen-bond donors (Lipinski definition) is 0. The van der Waals surface area contributed by atoms with E-state index in [2.05, 4.69) is 11.0 Å². The Kier molecular flexibility index (Phi) is 6.75. The van der Waals surface area contributed by atoms with Crippen LogP contribution in [-0.4, -0.2) is 60.0 Å². The lowest BCUT2D eigenvalue weighted by molar-refractivity contribution is -0.135. The molecule has 1 unspecified atom stereocenters. The van der Waals surface area contributed by atoms with Crippen LogP contribution < -0.4 is 0 Å². The summed E-state index contributed by atoms with van der Waals surface area (Å²) in [5.41, 5.74) is 3.83. The van der Waals surface area contributed by atoms with Gasteiger partial charge in [0.15, 0.2) is 0 Å². The highest BCUT2D eigenvalue weighted by molar-refractivity contribution is 5.78. The minimum Gasteiger partial charge on any atom is -0.369 e. The summed E-state index contributed by atoms with van der Waals surface area (Å²) >= 11 is 0.